The van der Waals surface area contributed by atoms with Crippen LogP contribution in [0.25, 0.3) is 10.9 Å². The highest BCUT2D eigenvalue weighted by Gasteiger charge is 2.27. The lowest BCUT2D eigenvalue weighted by molar-refractivity contribution is 0.102. The molecule has 3 heterocycles. The van der Waals surface area contributed by atoms with E-state index in [1.54, 1.807) is 6.20 Å². The number of hydrogen-bond acceptors (Lipinski definition) is 5. The summed E-state index contributed by atoms with van der Waals surface area (Å²) in [5, 5.41) is 4.11. The van der Waals surface area contributed by atoms with E-state index < -0.39 is 0 Å². The number of para-hydroxylation sites is 1. The van der Waals surface area contributed by atoms with Gasteiger partial charge in [0, 0.05) is 30.0 Å². The second-order valence-corrected chi connectivity index (χ2v) is 8.52. The van der Waals surface area contributed by atoms with Gasteiger partial charge in [0.25, 0.3) is 5.91 Å². The standard InChI is InChI=1S/C27H27N5O/c1-19-23(27(33)31-21-10-3-2-4-11-21)17-29-26(30-19)25-14-5-6-16-32(25)18-20-9-7-13-24-22(20)12-8-15-28-24/h2-4,7-13,15,17,25H,5-6,14,16,18H2,1H3,(H,31,33)/t25-/m0/s1. The lowest BCUT2D eigenvalue weighted by Crippen LogP contribution is -2.34. The zero-order chi connectivity index (χ0) is 22.6. The first-order valence-corrected chi connectivity index (χ1v) is 11.5. The van der Waals surface area contributed by atoms with Gasteiger partial charge in [0.05, 0.1) is 22.8 Å². The zero-order valence-corrected chi connectivity index (χ0v) is 18.7. The van der Waals surface area contributed by atoms with E-state index in [0.29, 0.717) is 11.3 Å². The molecule has 166 valence electrons. The van der Waals surface area contributed by atoms with Crippen LogP contribution >= 0.6 is 0 Å². The molecule has 6 heteroatoms. The molecule has 33 heavy (non-hydrogen) atoms. The lowest BCUT2D eigenvalue weighted by atomic mass is 9.99. The average molecular weight is 438 g/mol. The maximum atomic E-state index is 12.7. The molecule has 0 saturated carbocycles. The molecule has 1 fully saturated rings. The number of pyridine rings is 1. The van der Waals surface area contributed by atoms with Crippen molar-refractivity contribution in [3.8, 4) is 0 Å². The van der Waals surface area contributed by atoms with E-state index in [9.17, 15) is 4.79 Å². The summed E-state index contributed by atoms with van der Waals surface area (Å²) >= 11 is 0. The average Bonchev–Trinajstić information content (AvgIpc) is 2.85. The molecule has 4 aromatic rings. The molecule has 0 spiro atoms. The second kappa shape index (κ2) is 9.46. The first-order chi connectivity index (χ1) is 16.2. The Kier molecular flexibility index (Phi) is 6.09. The number of rotatable bonds is 5. The predicted octanol–water partition coefficient (Wildman–Crippen LogP) is 5.31. The van der Waals surface area contributed by atoms with Gasteiger partial charge in [-0.1, -0.05) is 42.8 Å². The van der Waals surface area contributed by atoms with Crippen LogP contribution in [0.5, 0.6) is 0 Å². The Morgan fingerprint density at radius 2 is 1.91 bits per heavy atom. The van der Waals surface area contributed by atoms with E-state index in [0.717, 1.165) is 49.4 Å². The third kappa shape index (κ3) is 4.61. The fourth-order valence-electron chi connectivity index (χ4n) is 4.58. The highest BCUT2D eigenvalue weighted by atomic mass is 16.1. The number of carbonyl (C=O) groups is 1. The van der Waals surface area contributed by atoms with Crippen LogP contribution in [0.15, 0.2) is 73.1 Å². The van der Waals surface area contributed by atoms with E-state index >= 15 is 0 Å². The molecule has 0 bridgehead atoms. The van der Waals surface area contributed by atoms with Crippen molar-refractivity contribution >= 4 is 22.5 Å². The molecule has 0 unspecified atom stereocenters. The largest absolute Gasteiger partial charge is 0.322 e. The van der Waals surface area contributed by atoms with Crippen molar-refractivity contribution in [3.05, 3.63) is 95.7 Å². The van der Waals surface area contributed by atoms with Gasteiger partial charge in [-0.25, -0.2) is 9.97 Å². The molecule has 0 radical (unpaired) electrons. The molecule has 1 aliphatic rings. The van der Waals surface area contributed by atoms with Crippen molar-refractivity contribution in [1.29, 1.82) is 0 Å². The van der Waals surface area contributed by atoms with Crippen LogP contribution < -0.4 is 5.32 Å². The molecule has 1 atom stereocenters. The van der Waals surface area contributed by atoms with E-state index in [-0.39, 0.29) is 11.9 Å². The first kappa shape index (κ1) is 21.2. The number of likely N-dealkylation sites (tertiary alicyclic amines) is 1. The Morgan fingerprint density at radius 1 is 1.03 bits per heavy atom. The number of piperidine rings is 1. The van der Waals surface area contributed by atoms with Crippen LogP contribution in [0.4, 0.5) is 5.69 Å². The summed E-state index contributed by atoms with van der Waals surface area (Å²) < 4.78 is 0. The molecular formula is C27H27N5O. The number of fused-ring (bicyclic) bond motifs is 1. The van der Waals surface area contributed by atoms with Crippen LogP contribution in [0, 0.1) is 6.92 Å². The predicted molar refractivity (Wildman–Crippen MR) is 130 cm³/mol. The fourth-order valence-corrected chi connectivity index (χ4v) is 4.58. The van der Waals surface area contributed by atoms with Crippen molar-refractivity contribution in [2.24, 2.45) is 0 Å². The second-order valence-electron chi connectivity index (χ2n) is 8.52. The Hall–Kier alpha value is -3.64. The number of nitrogens with zero attached hydrogens (tertiary/aromatic N) is 4. The molecular weight excluding hydrogens is 410 g/mol. The summed E-state index contributed by atoms with van der Waals surface area (Å²) in [6.45, 7) is 3.71. The van der Waals surface area contributed by atoms with Gasteiger partial charge in [-0.05, 0) is 56.1 Å². The van der Waals surface area contributed by atoms with Gasteiger partial charge < -0.3 is 5.32 Å². The van der Waals surface area contributed by atoms with E-state index in [4.69, 9.17) is 4.98 Å². The number of aryl methyl sites for hydroxylation is 1. The van der Waals surface area contributed by atoms with E-state index in [2.05, 4.69) is 44.5 Å². The quantitative estimate of drug-likeness (QED) is 0.458. The Labute approximate surface area is 193 Å². The summed E-state index contributed by atoms with van der Waals surface area (Å²) in [6, 6.07) is 20.0. The number of nitrogens with one attached hydrogen (secondary N) is 1. The fraction of sp³-hybridized carbons (Fsp3) is 0.259. The minimum absolute atomic E-state index is 0.135. The summed E-state index contributed by atoms with van der Waals surface area (Å²) in [5.41, 5.74) is 4.25. The topological polar surface area (TPSA) is 71.0 Å². The Morgan fingerprint density at radius 3 is 2.76 bits per heavy atom. The highest BCUT2D eigenvalue weighted by molar-refractivity contribution is 6.04. The minimum atomic E-state index is -0.186. The number of hydrogen-bond donors (Lipinski definition) is 1. The van der Waals surface area contributed by atoms with Crippen LogP contribution in [0.3, 0.4) is 0 Å². The van der Waals surface area contributed by atoms with Crippen LogP contribution in [-0.4, -0.2) is 32.3 Å². The van der Waals surface area contributed by atoms with Gasteiger partial charge in [0.1, 0.15) is 5.82 Å². The monoisotopic (exact) mass is 437 g/mol. The smallest absolute Gasteiger partial charge is 0.259 e. The summed E-state index contributed by atoms with van der Waals surface area (Å²) in [6.07, 6.45) is 6.83. The van der Waals surface area contributed by atoms with Crippen LogP contribution in [0.1, 0.15) is 52.7 Å². The molecule has 1 saturated heterocycles. The Balaban J connectivity index is 1.38. The molecule has 1 amide bonds. The molecule has 1 aliphatic heterocycles. The highest BCUT2D eigenvalue weighted by Crippen LogP contribution is 2.32. The number of benzene rings is 2. The molecule has 6 nitrogen and oxygen atoms in total. The molecule has 2 aromatic carbocycles. The normalized spacial score (nSPS) is 16.6. The van der Waals surface area contributed by atoms with Gasteiger partial charge in [-0.15, -0.1) is 0 Å². The maximum absolute atomic E-state index is 12.7. The number of aromatic nitrogens is 3. The van der Waals surface area contributed by atoms with Gasteiger partial charge in [0.15, 0.2) is 0 Å². The van der Waals surface area contributed by atoms with Crippen molar-refractivity contribution < 1.29 is 4.79 Å². The third-order valence-electron chi connectivity index (χ3n) is 6.30. The number of anilines is 1. The third-order valence-corrected chi connectivity index (χ3v) is 6.30. The van der Waals surface area contributed by atoms with Crippen molar-refractivity contribution in [2.45, 2.75) is 38.8 Å². The number of carbonyl (C=O) groups excluding carboxylic acids is 1. The van der Waals surface area contributed by atoms with Crippen molar-refractivity contribution in [3.63, 3.8) is 0 Å². The summed E-state index contributed by atoms with van der Waals surface area (Å²) in [7, 11) is 0. The van der Waals surface area contributed by atoms with Crippen molar-refractivity contribution in [1.82, 2.24) is 19.9 Å². The SMILES string of the molecule is Cc1nc([C@@H]2CCCCN2Cc2cccc3ncccc23)ncc1C(=O)Nc1ccccc1. The van der Waals surface area contributed by atoms with Crippen LogP contribution in [-0.2, 0) is 6.54 Å². The van der Waals surface area contributed by atoms with Gasteiger partial charge in [-0.3, -0.25) is 14.7 Å². The van der Waals surface area contributed by atoms with E-state index in [1.165, 1.54) is 10.9 Å². The Bertz CT molecular complexity index is 1270. The van der Waals surface area contributed by atoms with Crippen LogP contribution in [0.2, 0.25) is 0 Å². The molecule has 5 rings (SSSR count). The molecule has 1 N–H and O–H groups in total. The van der Waals surface area contributed by atoms with Crippen molar-refractivity contribution in [2.75, 3.05) is 11.9 Å². The number of amides is 1. The maximum Gasteiger partial charge on any atom is 0.259 e. The van der Waals surface area contributed by atoms with Gasteiger partial charge in [-0.2, -0.15) is 0 Å². The minimum Gasteiger partial charge on any atom is -0.322 e. The zero-order valence-electron chi connectivity index (χ0n) is 18.7. The summed E-state index contributed by atoms with van der Waals surface area (Å²) in [4.78, 5) is 29.1. The van der Waals surface area contributed by atoms with E-state index in [1.807, 2.05) is 49.5 Å². The molecule has 2 aromatic heterocycles. The van der Waals surface area contributed by atoms with Gasteiger partial charge >= 0.3 is 0 Å². The lowest BCUT2D eigenvalue weighted by Gasteiger charge is -2.35. The molecule has 0 aliphatic carbocycles. The first-order valence-electron chi connectivity index (χ1n) is 11.5. The summed E-state index contributed by atoms with van der Waals surface area (Å²) in [5.74, 6) is 0.607. The van der Waals surface area contributed by atoms with Gasteiger partial charge in [0.2, 0.25) is 0 Å².